The van der Waals surface area contributed by atoms with Gasteiger partial charge in [-0.05, 0) is 35.9 Å². The molecule has 102 valence electrons. The minimum atomic E-state index is 1.17. The standard InChI is InChI=1S/C19H16N2/c1-3-21-12-6-9-17(21)14-10-11-19-16(13-14)15-7-4-5-8-18(15)20(19)2/h3-13H,1H2,2H3. The molecular weight excluding hydrogens is 256 g/mol. The normalized spacial score (nSPS) is 11.3. The Bertz CT molecular complexity index is 970. The Hall–Kier alpha value is -2.74. The molecule has 0 N–H and O–H groups in total. The summed E-state index contributed by atoms with van der Waals surface area (Å²) in [5.41, 5.74) is 4.91. The fraction of sp³-hybridized carbons (Fsp3) is 0.0526. The molecule has 0 bridgehead atoms. The lowest BCUT2D eigenvalue weighted by molar-refractivity contribution is 1.01. The number of fused-ring (bicyclic) bond motifs is 3. The minimum Gasteiger partial charge on any atom is -0.344 e. The van der Waals surface area contributed by atoms with Crippen LogP contribution in [0.3, 0.4) is 0 Å². The van der Waals surface area contributed by atoms with Gasteiger partial charge in [-0.1, -0.05) is 30.8 Å². The summed E-state index contributed by atoms with van der Waals surface area (Å²) in [6, 6.07) is 19.4. The van der Waals surface area contributed by atoms with Crippen LogP contribution in [0.15, 0.2) is 67.4 Å². The van der Waals surface area contributed by atoms with Gasteiger partial charge in [-0.3, -0.25) is 0 Å². The van der Waals surface area contributed by atoms with Gasteiger partial charge in [0.15, 0.2) is 0 Å². The second kappa shape index (κ2) is 4.38. The number of para-hydroxylation sites is 1. The van der Waals surface area contributed by atoms with E-state index in [0.717, 1.165) is 0 Å². The topological polar surface area (TPSA) is 9.86 Å². The predicted octanol–water partition coefficient (Wildman–Crippen LogP) is 4.90. The van der Waals surface area contributed by atoms with E-state index in [-0.39, 0.29) is 0 Å². The van der Waals surface area contributed by atoms with E-state index >= 15 is 0 Å². The zero-order chi connectivity index (χ0) is 14.4. The van der Waals surface area contributed by atoms with Crippen molar-refractivity contribution < 1.29 is 0 Å². The molecule has 0 radical (unpaired) electrons. The van der Waals surface area contributed by atoms with Gasteiger partial charge in [0.1, 0.15) is 0 Å². The predicted molar refractivity (Wildman–Crippen MR) is 90.2 cm³/mol. The number of aromatic nitrogens is 2. The van der Waals surface area contributed by atoms with Crippen molar-refractivity contribution in [3.05, 3.63) is 67.4 Å². The smallest absolute Gasteiger partial charge is 0.0522 e. The number of hydrogen-bond donors (Lipinski definition) is 0. The number of hydrogen-bond acceptors (Lipinski definition) is 0. The third-order valence-electron chi connectivity index (χ3n) is 4.18. The molecule has 2 heterocycles. The van der Waals surface area contributed by atoms with Crippen molar-refractivity contribution in [2.24, 2.45) is 7.05 Å². The number of rotatable bonds is 2. The molecule has 2 aromatic carbocycles. The second-order valence-corrected chi connectivity index (χ2v) is 5.29. The maximum Gasteiger partial charge on any atom is 0.0522 e. The summed E-state index contributed by atoms with van der Waals surface area (Å²) in [6.45, 7) is 3.86. The van der Waals surface area contributed by atoms with E-state index in [4.69, 9.17) is 0 Å². The van der Waals surface area contributed by atoms with E-state index < -0.39 is 0 Å². The van der Waals surface area contributed by atoms with Crippen LogP contribution in [0.2, 0.25) is 0 Å². The van der Waals surface area contributed by atoms with Crippen LogP contribution < -0.4 is 0 Å². The molecule has 2 aromatic heterocycles. The van der Waals surface area contributed by atoms with Gasteiger partial charge in [0, 0.05) is 41.3 Å². The Kier molecular flexibility index (Phi) is 2.51. The van der Waals surface area contributed by atoms with E-state index in [1.165, 1.54) is 33.1 Å². The maximum atomic E-state index is 3.86. The van der Waals surface area contributed by atoms with E-state index in [0.29, 0.717) is 0 Å². The van der Waals surface area contributed by atoms with Crippen LogP contribution in [0.4, 0.5) is 0 Å². The molecule has 0 aliphatic heterocycles. The SMILES string of the molecule is C=Cn1cccc1-c1ccc2c(c1)c1ccccc1n2C. The molecule has 0 fully saturated rings. The van der Waals surface area contributed by atoms with E-state index in [1.54, 1.807) is 0 Å². The largest absolute Gasteiger partial charge is 0.344 e. The summed E-state index contributed by atoms with van der Waals surface area (Å²) in [4.78, 5) is 0. The highest BCUT2D eigenvalue weighted by molar-refractivity contribution is 6.09. The van der Waals surface area contributed by atoms with Gasteiger partial charge in [-0.15, -0.1) is 0 Å². The first kappa shape index (κ1) is 12.0. The fourth-order valence-electron chi connectivity index (χ4n) is 3.12. The van der Waals surface area contributed by atoms with Crippen molar-refractivity contribution in [2.45, 2.75) is 0 Å². The Morgan fingerprint density at radius 3 is 2.57 bits per heavy atom. The number of benzene rings is 2. The molecule has 0 spiro atoms. The third-order valence-corrected chi connectivity index (χ3v) is 4.18. The summed E-state index contributed by atoms with van der Waals surface area (Å²) < 4.78 is 4.30. The number of nitrogens with zero attached hydrogens (tertiary/aromatic N) is 2. The van der Waals surface area contributed by atoms with Crippen molar-refractivity contribution in [3.63, 3.8) is 0 Å². The molecule has 0 unspecified atom stereocenters. The summed E-state index contributed by atoms with van der Waals surface area (Å²) in [5, 5.41) is 2.59. The minimum absolute atomic E-state index is 1.17. The van der Waals surface area contributed by atoms with Crippen molar-refractivity contribution in [1.82, 2.24) is 9.13 Å². The van der Waals surface area contributed by atoms with Crippen molar-refractivity contribution >= 4 is 28.0 Å². The van der Waals surface area contributed by atoms with Gasteiger partial charge in [-0.2, -0.15) is 0 Å². The Labute approximate surface area is 123 Å². The van der Waals surface area contributed by atoms with E-state index in [9.17, 15) is 0 Å². The Morgan fingerprint density at radius 1 is 0.905 bits per heavy atom. The summed E-state index contributed by atoms with van der Waals surface area (Å²) in [7, 11) is 2.12. The van der Waals surface area contributed by atoms with Gasteiger partial charge < -0.3 is 9.13 Å². The molecule has 2 nitrogen and oxygen atoms in total. The highest BCUT2D eigenvalue weighted by atomic mass is 14.9. The van der Waals surface area contributed by atoms with Crippen molar-refractivity contribution in [3.8, 4) is 11.3 Å². The van der Waals surface area contributed by atoms with Crippen molar-refractivity contribution in [1.29, 1.82) is 0 Å². The van der Waals surface area contributed by atoms with Crippen LogP contribution in [-0.2, 0) is 7.05 Å². The molecule has 0 saturated carbocycles. The lowest BCUT2D eigenvalue weighted by Gasteiger charge is -2.05. The molecule has 4 rings (SSSR count). The van der Waals surface area contributed by atoms with Gasteiger partial charge in [-0.25, -0.2) is 0 Å². The number of aryl methyl sites for hydroxylation is 1. The van der Waals surface area contributed by atoms with Gasteiger partial charge in [0.2, 0.25) is 0 Å². The zero-order valence-corrected chi connectivity index (χ0v) is 12.0. The van der Waals surface area contributed by atoms with Crippen molar-refractivity contribution in [2.75, 3.05) is 0 Å². The van der Waals surface area contributed by atoms with E-state index in [1.807, 2.05) is 23.0 Å². The molecular formula is C19H16N2. The fourth-order valence-corrected chi connectivity index (χ4v) is 3.12. The third kappa shape index (κ3) is 1.66. The van der Waals surface area contributed by atoms with Gasteiger partial charge in [0.25, 0.3) is 0 Å². The van der Waals surface area contributed by atoms with Crippen LogP contribution in [0.1, 0.15) is 0 Å². The Morgan fingerprint density at radius 2 is 1.71 bits per heavy atom. The molecule has 0 saturated heterocycles. The molecule has 4 aromatic rings. The van der Waals surface area contributed by atoms with Crippen LogP contribution in [0.5, 0.6) is 0 Å². The second-order valence-electron chi connectivity index (χ2n) is 5.29. The lowest BCUT2D eigenvalue weighted by Crippen LogP contribution is -1.88. The summed E-state index contributed by atoms with van der Waals surface area (Å²) in [6.07, 6.45) is 3.86. The monoisotopic (exact) mass is 272 g/mol. The molecule has 0 amide bonds. The average Bonchev–Trinajstić information content (AvgIpc) is 3.11. The molecule has 0 aliphatic carbocycles. The molecule has 0 atom stereocenters. The first-order valence-electron chi connectivity index (χ1n) is 7.06. The van der Waals surface area contributed by atoms with Crippen LogP contribution in [-0.4, -0.2) is 9.13 Å². The van der Waals surface area contributed by atoms with E-state index in [2.05, 4.69) is 66.7 Å². The highest BCUT2D eigenvalue weighted by Gasteiger charge is 2.10. The average molecular weight is 272 g/mol. The summed E-state index contributed by atoms with van der Waals surface area (Å²) >= 11 is 0. The molecule has 0 aliphatic rings. The maximum absolute atomic E-state index is 3.86. The first-order chi connectivity index (χ1) is 10.3. The lowest BCUT2D eigenvalue weighted by atomic mass is 10.1. The van der Waals surface area contributed by atoms with Crippen LogP contribution >= 0.6 is 0 Å². The van der Waals surface area contributed by atoms with Gasteiger partial charge >= 0.3 is 0 Å². The highest BCUT2D eigenvalue weighted by Crippen LogP contribution is 2.32. The molecule has 2 heteroatoms. The van der Waals surface area contributed by atoms with Crippen LogP contribution in [0.25, 0.3) is 39.3 Å². The quantitative estimate of drug-likeness (QED) is 0.491. The molecule has 21 heavy (non-hydrogen) atoms. The first-order valence-corrected chi connectivity index (χ1v) is 7.06. The summed E-state index contributed by atoms with van der Waals surface area (Å²) in [5.74, 6) is 0. The van der Waals surface area contributed by atoms with Crippen LogP contribution in [0, 0.1) is 0 Å². The Balaban J connectivity index is 2.06. The van der Waals surface area contributed by atoms with Gasteiger partial charge in [0.05, 0.1) is 5.69 Å². The zero-order valence-electron chi connectivity index (χ0n) is 12.0.